The van der Waals surface area contributed by atoms with Crippen molar-refractivity contribution in [2.24, 2.45) is 0 Å². The summed E-state index contributed by atoms with van der Waals surface area (Å²) in [6.45, 7) is 4.56. The Morgan fingerprint density at radius 3 is 2.78 bits per heavy atom. The van der Waals surface area contributed by atoms with Crippen LogP contribution in [-0.2, 0) is 6.42 Å². The molecule has 2 aromatic rings. The summed E-state index contributed by atoms with van der Waals surface area (Å²) in [5.74, 6) is 1.20. The lowest BCUT2D eigenvalue weighted by molar-refractivity contribution is 0.0961. The number of furan rings is 1. The summed E-state index contributed by atoms with van der Waals surface area (Å²) in [5.41, 5.74) is 3.26. The number of nitrogens with zero attached hydrogens (tertiary/aromatic N) is 1. The van der Waals surface area contributed by atoms with E-state index in [2.05, 4.69) is 6.07 Å². The number of aryl methyl sites for hydroxylation is 2. The Morgan fingerprint density at radius 1 is 1.28 bits per heavy atom. The molecule has 0 aliphatic carbocycles. The highest BCUT2D eigenvalue weighted by molar-refractivity contribution is 6.05. The van der Waals surface area contributed by atoms with Crippen molar-refractivity contribution < 1.29 is 9.21 Å². The third kappa shape index (κ3) is 1.63. The Labute approximate surface area is 106 Å². The molecule has 0 fully saturated rings. The molecule has 18 heavy (non-hydrogen) atoms. The van der Waals surface area contributed by atoms with Crippen molar-refractivity contribution in [2.75, 3.05) is 11.4 Å². The van der Waals surface area contributed by atoms with Crippen molar-refractivity contribution in [1.82, 2.24) is 0 Å². The summed E-state index contributed by atoms with van der Waals surface area (Å²) in [7, 11) is 0. The number of amides is 1. The lowest BCUT2D eigenvalue weighted by atomic mass is 10.2. The highest BCUT2D eigenvalue weighted by atomic mass is 16.4. The lowest BCUT2D eigenvalue weighted by Crippen LogP contribution is -2.28. The molecular weight excluding hydrogens is 226 g/mol. The molecule has 2 heterocycles. The molecule has 0 spiro atoms. The summed E-state index contributed by atoms with van der Waals surface area (Å²) >= 11 is 0. The van der Waals surface area contributed by atoms with Crippen LogP contribution in [0.2, 0.25) is 0 Å². The number of hydrogen-bond acceptors (Lipinski definition) is 2. The van der Waals surface area contributed by atoms with Gasteiger partial charge in [0.15, 0.2) is 5.76 Å². The van der Waals surface area contributed by atoms with Crippen LogP contribution in [0.15, 0.2) is 34.7 Å². The molecule has 0 saturated heterocycles. The summed E-state index contributed by atoms with van der Waals surface area (Å²) in [5, 5.41) is 0. The van der Waals surface area contributed by atoms with Crippen molar-refractivity contribution >= 4 is 11.6 Å². The standard InChI is InChI=1S/C15H15NO2/c1-10-9-14(18-11(10)2)15(17)16-8-7-12-5-3-4-6-13(12)16/h3-6,9H,7-8H2,1-2H3. The third-order valence-corrected chi connectivity index (χ3v) is 3.51. The van der Waals surface area contributed by atoms with Crippen LogP contribution in [0.25, 0.3) is 0 Å². The minimum absolute atomic E-state index is 0.0452. The van der Waals surface area contributed by atoms with Crippen molar-refractivity contribution in [3.63, 3.8) is 0 Å². The van der Waals surface area contributed by atoms with Crippen LogP contribution in [0.5, 0.6) is 0 Å². The Kier molecular flexibility index (Phi) is 2.47. The monoisotopic (exact) mass is 241 g/mol. The third-order valence-electron chi connectivity index (χ3n) is 3.51. The molecular formula is C15H15NO2. The van der Waals surface area contributed by atoms with E-state index < -0.39 is 0 Å². The second-order valence-electron chi connectivity index (χ2n) is 4.69. The molecule has 1 aliphatic rings. The molecule has 1 aromatic carbocycles. The van der Waals surface area contributed by atoms with Gasteiger partial charge in [-0.15, -0.1) is 0 Å². The van der Waals surface area contributed by atoms with E-state index in [0.717, 1.165) is 30.0 Å². The van der Waals surface area contributed by atoms with E-state index in [9.17, 15) is 4.79 Å². The molecule has 92 valence electrons. The fourth-order valence-corrected chi connectivity index (χ4v) is 2.36. The van der Waals surface area contributed by atoms with E-state index in [-0.39, 0.29) is 5.91 Å². The number of hydrogen-bond donors (Lipinski definition) is 0. The van der Waals surface area contributed by atoms with Crippen molar-refractivity contribution in [3.8, 4) is 0 Å². The van der Waals surface area contributed by atoms with Gasteiger partial charge in [0.2, 0.25) is 0 Å². The predicted molar refractivity (Wildman–Crippen MR) is 70.0 cm³/mol. The zero-order valence-corrected chi connectivity index (χ0v) is 10.6. The summed E-state index contributed by atoms with van der Waals surface area (Å²) in [6.07, 6.45) is 0.917. The van der Waals surface area contributed by atoms with Gasteiger partial charge in [0, 0.05) is 12.2 Å². The molecule has 3 rings (SSSR count). The summed E-state index contributed by atoms with van der Waals surface area (Å²) < 4.78 is 5.51. The first-order chi connectivity index (χ1) is 8.66. The van der Waals surface area contributed by atoms with Gasteiger partial charge in [0.05, 0.1) is 0 Å². The summed E-state index contributed by atoms with van der Waals surface area (Å²) in [6, 6.07) is 9.85. The number of benzene rings is 1. The molecule has 0 saturated carbocycles. The molecule has 3 heteroatoms. The highest BCUT2D eigenvalue weighted by Gasteiger charge is 2.27. The fourth-order valence-electron chi connectivity index (χ4n) is 2.36. The van der Waals surface area contributed by atoms with Crippen LogP contribution in [0.4, 0.5) is 5.69 Å². The van der Waals surface area contributed by atoms with E-state index in [0.29, 0.717) is 5.76 Å². The molecule has 0 N–H and O–H groups in total. The zero-order valence-electron chi connectivity index (χ0n) is 10.6. The lowest BCUT2D eigenvalue weighted by Gasteiger charge is -2.15. The van der Waals surface area contributed by atoms with E-state index in [4.69, 9.17) is 4.42 Å². The predicted octanol–water partition coefficient (Wildman–Crippen LogP) is 3.10. The van der Waals surface area contributed by atoms with Gasteiger partial charge in [-0.25, -0.2) is 0 Å². The van der Waals surface area contributed by atoms with Gasteiger partial charge in [-0.3, -0.25) is 4.79 Å². The van der Waals surface area contributed by atoms with Gasteiger partial charge in [-0.2, -0.15) is 0 Å². The van der Waals surface area contributed by atoms with Gasteiger partial charge in [-0.05, 0) is 43.5 Å². The van der Waals surface area contributed by atoms with Gasteiger partial charge < -0.3 is 9.32 Å². The van der Waals surface area contributed by atoms with Crippen LogP contribution >= 0.6 is 0 Å². The first-order valence-electron chi connectivity index (χ1n) is 6.13. The van der Waals surface area contributed by atoms with E-state index in [1.54, 1.807) is 4.90 Å². The van der Waals surface area contributed by atoms with Gasteiger partial charge in [0.1, 0.15) is 5.76 Å². The molecule has 1 amide bonds. The minimum atomic E-state index is -0.0452. The van der Waals surface area contributed by atoms with Crippen LogP contribution < -0.4 is 4.90 Å². The smallest absolute Gasteiger partial charge is 0.293 e. The number of carbonyl (C=O) groups is 1. The van der Waals surface area contributed by atoms with Gasteiger partial charge in [0.25, 0.3) is 5.91 Å². The zero-order chi connectivity index (χ0) is 12.7. The number of carbonyl (C=O) groups excluding carboxylic acids is 1. The Balaban J connectivity index is 1.95. The van der Waals surface area contributed by atoms with Crippen LogP contribution in [0.1, 0.15) is 27.4 Å². The normalized spacial score (nSPS) is 13.8. The maximum absolute atomic E-state index is 12.4. The topological polar surface area (TPSA) is 33.5 Å². The van der Waals surface area contributed by atoms with Crippen molar-refractivity contribution in [2.45, 2.75) is 20.3 Å². The Bertz CT molecular complexity index is 593. The first kappa shape index (κ1) is 11.1. The largest absolute Gasteiger partial charge is 0.456 e. The number of anilines is 1. The van der Waals surface area contributed by atoms with Crippen LogP contribution in [-0.4, -0.2) is 12.5 Å². The molecule has 0 bridgehead atoms. The SMILES string of the molecule is Cc1cc(C(=O)N2CCc3ccccc32)oc1C. The van der Waals surface area contributed by atoms with Gasteiger partial charge >= 0.3 is 0 Å². The minimum Gasteiger partial charge on any atom is -0.456 e. The average molecular weight is 241 g/mol. The van der Waals surface area contributed by atoms with E-state index >= 15 is 0 Å². The molecule has 0 atom stereocenters. The number of fused-ring (bicyclic) bond motifs is 1. The maximum atomic E-state index is 12.4. The number of rotatable bonds is 1. The molecule has 1 aromatic heterocycles. The fraction of sp³-hybridized carbons (Fsp3) is 0.267. The highest BCUT2D eigenvalue weighted by Crippen LogP contribution is 2.29. The first-order valence-corrected chi connectivity index (χ1v) is 6.13. The van der Waals surface area contributed by atoms with Crippen LogP contribution in [0, 0.1) is 13.8 Å². The van der Waals surface area contributed by atoms with Crippen LogP contribution in [0.3, 0.4) is 0 Å². The average Bonchev–Trinajstić information content (AvgIpc) is 2.93. The maximum Gasteiger partial charge on any atom is 0.293 e. The quantitative estimate of drug-likeness (QED) is 0.768. The van der Waals surface area contributed by atoms with E-state index in [1.807, 2.05) is 38.1 Å². The molecule has 3 nitrogen and oxygen atoms in total. The van der Waals surface area contributed by atoms with Gasteiger partial charge in [-0.1, -0.05) is 18.2 Å². The molecule has 1 aliphatic heterocycles. The van der Waals surface area contributed by atoms with Crippen molar-refractivity contribution in [1.29, 1.82) is 0 Å². The summed E-state index contributed by atoms with van der Waals surface area (Å²) in [4.78, 5) is 14.2. The number of para-hydroxylation sites is 1. The Hall–Kier alpha value is -2.03. The van der Waals surface area contributed by atoms with Crippen molar-refractivity contribution in [3.05, 3.63) is 53.0 Å². The van der Waals surface area contributed by atoms with E-state index in [1.165, 1.54) is 5.56 Å². The second-order valence-corrected chi connectivity index (χ2v) is 4.69. The molecule has 0 unspecified atom stereocenters. The molecule has 0 radical (unpaired) electrons. The Morgan fingerprint density at radius 2 is 2.06 bits per heavy atom. The second kappa shape index (κ2) is 4.02.